The highest BCUT2D eigenvalue weighted by Crippen LogP contribution is 2.31. The third kappa shape index (κ3) is 4.92. The van der Waals surface area contributed by atoms with E-state index in [1.165, 1.54) is 29.2 Å². The van der Waals surface area contributed by atoms with Crippen LogP contribution in [0.3, 0.4) is 0 Å². The number of benzene rings is 2. The molecule has 6 nitrogen and oxygen atoms in total. The molecule has 2 heterocycles. The van der Waals surface area contributed by atoms with Crippen LogP contribution in [0.15, 0.2) is 40.8 Å². The third-order valence-corrected chi connectivity index (χ3v) is 5.41. The lowest BCUT2D eigenvalue weighted by atomic mass is 10.1. The molecule has 0 unspecified atom stereocenters. The van der Waals surface area contributed by atoms with Crippen LogP contribution in [0.4, 0.5) is 32.4 Å². The van der Waals surface area contributed by atoms with Crippen molar-refractivity contribution in [2.24, 2.45) is 0 Å². The second-order valence-corrected chi connectivity index (χ2v) is 7.78. The van der Waals surface area contributed by atoms with Crippen LogP contribution in [0, 0.1) is 11.6 Å². The first-order valence-electron chi connectivity index (χ1n) is 9.84. The maximum absolute atomic E-state index is 14.9. The summed E-state index contributed by atoms with van der Waals surface area (Å²) < 4.78 is 71.1. The van der Waals surface area contributed by atoms with Crippen LogP contribution >= 0.6 is 11.6 Å². The molecule has 1 aliphatic heterocycles. The first kappa shape index (κ1) is 23.0. The monoisotopic (exact) mass is 486 g/mol. The van der Waals surface area contributed by atoms with E-state index in [-0.39, 0.29) is 28.4 Å². The van der Waals surface area contributed by atoms with Crippen LogP contribution in [-0.4, -0.2) is 34.2 Å². The fourth-order valence-corrected chi connectivity index (χ4v) is 3.61. The van der Waals surface area contributed by atoms with Crippen molar-refractivity contribution in [2.45, 2.75) is 25.6 Å². The number of hydrogen-bond acceptors (Lipinski definition) is 4. The number of halogens is 6. The van der Waals surface area contributed by atoms with Gasteiger partial charge in [0.2, 0.25) is 5.89 Å². The van der Waals surface area contributed by atoms with Crippen molar-refractivity contribution in [1.29, 1.82) is 0 Å². The summed E-state index contributed by atoms with van der Waals surface area (Å²) in [6.45, 7) is 0.843. The molecule has 174 valence electrons. The molecule has 2 aromatic carbocycles. The minimum absolute atomic E-state index is 0.0542. The number of anilines is 1. The van der Waals surface area contributed by atoms with Crippen LogP contribution in [0.25, 0.3) is 11.5 Å². The normalized spacial score (nSPS) is 14.1. The predicted molar refractivity (Wildman–Crippen MR) is 108 cm³/mol. The molecular weight excluding hydrogens is 471 g/mol. The Kier molecular flexibility index (Phi) is 6.24. The Balaban J connectivity index is 1.63. The number of nitrogens with zero attached hydrogens (tertiary/aromatic N) is 4. The summed E-state index contributed by atoms with van der Waals surface area (Å²) in [6, 6.07) is 6.89. The number of hydrogen-bond donors (Lipinski definition) is 0. The zero-order valence-electron chi connectivity index (χ0n) is 16.9. The van der Waals surface area contributed by atoms with Crippen LogP contribution in [0.2, 0.25) is 5.02 Å². The van der Waals surface area contributed by atoms with E-state index in [0.717, 1.165) is 25.0 Å². The highest BCUT2D eigenvalue weighted by Gasteiger charge is 2.38. The van der Waals surface area contributed by atoms with E-state index in [1.54, 1.807) is 4.90 Å². The lowest BCUT2D eigenvalue weighted by Crippen LogP contribution is -2.41. The van der Waals surface area contributed by atoms with Gasteiger partial charge in [0.15, 0.2) is 0 Å². The van der Waals surface area contributed by atoms with Crippen LogP contribution in [-0.2, 0) is 12.7 Å². The van der Waals surface area contributed by atoms with Gasteiger partial charge in [0.25, 0.3) is 0 Å². The zero-order chi connectivity index (χ0) is 23.8. The molecule has 1 fully saturated rings. The molecule has 0 spiro atoms. The fourth-order valence-electron chi connectivity index (χ4n) is 3.43. The summed E-state index contributed by atoms with van der Waals surface area (Å²) in [6.07, 6.45) is -3.16. The molecule has 2 amide bonds. The Labute approximate surface area is 189 Å². The molecule has 12 heteroatoms. The van der Waals surface area contributed by atoms with Crippen molar-refractivity contribution in [1.82, 2.24) is 15.1 Å². The van der Waals surface area contributed by atoms with E-state index in [4.69, 9.17) is 11.6 Å². The number of carbonyl (C=O) groups is 1. The van der Waals surface area contributed by atoms with Gasteiger partial charge >= 0.3 is 18.1 Å². The number of amides is 2. The first-order valence-corrected chi connectivity index (χ1v) is 10.2. The Hall–Kier alpha value is -3.21. The van der Waals surface area contributed by atoms with E-state index in [1.807, 2.05) is 0 Å². The van der Waals surface area contributed by atoms with Crippen molar-refractivity contribution in [2.75, 3.05) is 18.0 Å². The maximum Gasteiger partial charge on any atom is 0.470 e. The van der Waals surface area contributed by atoms with Gasteiger partial charge in [-0.05, 0) is 43.2 Å². The molecule has 0 radical (unpaired) electrons. The van der Waals surface area contributed by atoms with Gasteiger partial charge < -0.3 is 9.32 Å². The average molecular weight is 487 g/mol. The van der Waals surface area contributed by atoms with Gasteiger partial charge in [0, 0.05) is 29.9 Å². The molecule has 0 N–H and O–H groups in total. The van der Waals surface area contributed by atoms with Crippen molar-refractivity contribution >= 4 is 23.3 Å². The number of rotatable bonds is 4. The Morgan fingerprint density at radius 3 is 2.39 bits per heavy atom. The molecule has 1 saturated heterocycles. The molecule has 4 rings (SSSR count). The number of likely N-dealkylation sites (tertiary alicyclic amines) is 1. The van der Waals surface area contributed by atoms with Gasteiger partial charge in [-0.25, -0.2) is 13.6 Å². The fraction of sp³-hybridized carbons (Fsp3) is 0.286. The second-order valence-electron chi connectivity index (χ2n) is 7.38. The van der Waals surface area contributed by atoms with Gasteiger partial charge in [0.05, 0.1) is 11.6 Å². The molecule has 0 saturated carbocycles. The Bertz CT molecular complexity index is 1180. The second kappa shape index (κ2) is 8.97. The van der Waals surface area contributed by atoms with Gasteiger partial charge in [-0.2, -0.15) is 13.2 Å². The summed E-state index contributed by atoms with van der Waals surface area (Å²) in [5.74, 6) is -3.50. The smallest absolute Gasteiger partial charge is 0.413 e. The number of urea groups is 1. The topological polar surface area (TPSA) is 62.5 Å². The summed E-state index contributed by atoms with van der Waals surface area (Å²) in [4.78, 5) is 16.0. The van der Waals surface area contributed by atoms with E-state index in [2.05, 4.69) is 14.6 Å². The molecule has 1 aliphatic rings. The lowest BCUT2D eigenvalue weighted by molar-refractivity contribution is -0.156. The summed E-state index contributed by atoms with van der Waals surface area (Å²) >= 11 is 5.88. The molecule has 3 aromatic rings. The number of alkyl halides is 3. The van der Waals surface area contributed by atoms with Gasteiger partial charge in [-0.15, -0.1) is 10.2 Å². The minimum atomic E-state index is -4.82. The van der Waals surface area contributed by atoms with Crippen molar-refractivity contribution in [3.8, 4) is 11.5 Å². The standard InChI is InChI=1S/C21H16ClF5N4O2/c22-15-10-14(5-6-16(15)23)31(20(32)30-7-1-2-8-30)11-13-4-3-12(9-17(13)24)18-28-29-19(33-18)21(25,26)27/h3-6,9-10H,1-2,7-8,11H2. The summed E-state index contributed by atoms with van der Waals surface area (Å²) in [7, 11) is 0. The van der Waals surface area contributed by atoms with Crippen LogP contribution < -0.4 is 4.90 Å². The molecule has 33 heavy (non-hydrogen) atoms. The van der Waals surface area contributed by atoms with Gasteiger partial charge in [-0.1, -0.05) is 17.7 Å². The zero-order valence-corrected chi connectivity index (χ0v) is 17.6. The predicted octanol–water partition coefficient (Wildman–Crippen LogP) is 5.91. The molecular formula is C21H16ClF5N4O2. The van der Waals surface area contributed by atoms with Gasteiger partial charge in [-0.3, -0.25) is 4.90 Å². The highest BCUT2D eigenvalue weighted by molar-refractivity contribution is 6.31. The molecule has 1 aromatic heterocycles. The molecule has 0 atom stereocenters. The van der Waals surface area contributed by atoms with E-state index in [9.17, 15) is 26.7 Å². The first-order chi connectivity index (χ1) is 15.6. The van der Waals surface area contributed by atoms with E-state index >= 15 is 0 Å². The third-order valence-electron chi connectivity index (χ3n) is 5.12. The van der Waals surface area contributed by atoms with Crippen LogP contribution in [0.1, 0.15) is 24.3 Å². The largest absolute Gasteiger partial charge is 0.470 e. The van der Waals surface area contributed by atoms with Crippen molar-refractivity contribution in [3.63, 3.8) is 0 Å². The molecule has 0 bridgehead atoms. The van der Waals surface area contributed by atoms with Crippen molar-refractivity contribution in [3.05, 3.63) is 64.5 Å². The van der Waals surface area contributed by atoms with Crippen LogP contribution in [0.5, 0.6) is 0 Å². The highest BCUT2D eigenvalue weighted by atomic mass is 35.5. The summed E-state index contributed by atoms with van der Waals surface area (Å²) in [5.41, 5.74) is 0.289. The Morgan fingerprint density at radius 1 is 1.06 bits per heavy atom. The number of carbonyl (C=O) groups excluding carboxylic acids is 1. The summed E-state index contributed by atoms with van der Waals surface area (Å²) in [5, 5.41) is 6.03. The molecule has 0 aliphatic carbocycles. The average Bonchev–Trinajstić information content (AvgIpc) is 3.47. The minimum Gasteiger partial charge on any atom is -0.413 e. The van der Waals surface area contributed by atoms with Gasteiger partial charge in [0.1, 0.15) is 11.6 Å². The lowest BCUT2D eigenvalue weighted by Gasteiger charge is -2.28. The van der Waals surface area contributed by atoms with Crippen molar-refractivity contribution < 1.29 is 31.2 Å². The number of aromatic nitrogens is 2. The van der Waals surface area contributed by atoms with E-state index in [0.29, 0.717) is 13.1 Å². The van der Waals surface area contributed by atoms with E-state index < -0.39 is 35.6 Å². The SMILES string of the molecule is O=C(N1CCCC1)N(Cc1ccc(-c2nnc(C(F)(F)F)o2)cc1F)c1ccc(F)c(Cl)c1. The Morgan fingerprint density at radius 2 is 1.79 bits per heavy atom. The maximum atomic E-state index is 14.9. The quantitative estimate of drug-likeness (QED) is 0.430.